The number of hydrogen-bond acceptors (Lipinski definition) is 10. The van der Waals surface area contributed by atoms with Crippen molar-refractivity contribution < 1.29 is 43.9 Å². The van der Waals surface area contributed by atoms with Gasteiger partial charge in [0.2, 0.25) is 0 Å². The molecule has 0 radical (unpaired) electrons. The maximum Gasteiger partial charge on any atom is 0.306 e. The molecular weight excluding hydrogens is 698 g/mol. The molecule has 0 bridgehead atoms. The molecule has 326 valence electrons. The topological polar surface area (TPSA) is 158 Å². The molecule has 0 aliphatic carbocycles. The summed E-state index contributed by atoms with van der Waals surface area (Å²) in [6, 6.07) is 0. The van der Waals surface area contributed by atoms with Crippen molar-refractivity contribution in [1.29, 1.82) is 0 Å². The van der Waals surface area contributed by atoms with E-state index in [1.807, 2.05) is 0 Å². The van der Waals surface area contributed by atoms with E-state index in [4.69, 9.17) is 24.7 Å². The first kappa shape index (κ1) is 51.7. The molecule has 0 aromatic heterocycles. The number of carbonyl (C=O) groups is 2. The second-order valence-electron chi connectivity index (χ2n) is 16.3. The van der Waals surface area contributed by atoms with Gasteiger partial charge in [-0.3, -0.25) is 9.59 Å². The Balaban J connectivity index is 2.30. The predicted molar refractivity (Wildman–Crippen MR) is 222 cm³/mol. The van der Waals surface area contributed by atoms with E-state index in [0.29, 0.717) is 6.42 Å². The largest absolute Gasteiger partial charge is 0.462 e. The minimum absolute atomic E-state index is 0.0839. The van der Waals surface area contributed by atoms with Gasteiger partial charge in [0.05, 0.1) is 6.61 Å². The molecule has 0 aromatic carbocycles. The number of aliphatic hydroxyl groups is 3. The van der Waals surface area contributed by atoms with Crippen molar-refractivity contribution in [1.82, 2.24) is 0 Å². The predicted octanol–water partition coefficient (Wildman–Crippen LogP) is 9.75. The summed E-state index contributed by atoms with van der Waals surface area (Å²) in [5.74, 6) is -0.754. The molecule has 6 atom stereocenters. The summed E-state index contributed by atoms with van der Waals surface area (Å²) in [6.45, 7) is 4.03. The lowest BCUT2D eigenvalue weighted by molar-refractivity contribution is -0.299. The van der Waals surface area contributed by atoms with E-state index in [1.165, 1.54) is 154 Å². The number of unbranched alkanes of at least 4 members (excludes halogenated alkanes) is 28. The van der Waals surface area contributed by atoms with E-state index in [2.05, 4.69) is 13.8 Å². The summed E-state index contributed by atoms with van der Waals surface area (Å²) in [7, 11) is 0. The van der Waals surface area contributed by atoms with Crippen LogP contribution in [0.2, 0.25) is 0 Å². The normalized spacial score (nSPS) is 20.4. The second kappa shape index (κ2) is 37.0. The van der Waals surface area contributed by atoms with Gasteiger partial charge in [-0.2, -0.15) is 0 Å². The first-order valence-electron chi connectivity index (χ1n) is 23.2. The summed E-state index contributed by atoms with van der Waals surface area (Å²) in [5, 5.41) is 30.7. The number of carbonyl (C=O) groups excluding carboxylic acids is 2. The van der Waals surface area contributed by atoms with Crippen LogP contribution in [0.15, 0.2) is 0 Å². The molecule has 5 N–H and O–H groups in total. The third-order valence-corrected chi connectivity index (χ3v) is 11.0. The van der Waals surface area contributed by atoms with Gasteiger partial charge in [-0.15, -0.1) is 0 Å². The van der Waals surface area contributed by atoms with Crippen LogP contribution in [-0.4, -0.2) is 83.8 Å². The quantitative estimate of drug-likeness (QED) is 0.0349. The first-order valence-corrected chi connectivity index (χ1v) is 23.2. The third kappa shape index (κ3) is 28.7. The molecule has 1 rings (SSSR count). The van der Waals surface area contributed by atoms with Crippen LogP contribution in [-0.2, 0) is 28.5 Å². The SMILES string of the molecule is CCCCCCCCCCCCCCCCCC(=O)OC[C@H](CO[C@H]1OC(CN)[C@@H](O)C(O)C1O)OC(=O)CCCCCCCCCCCCCCCCC. The van der Waals surface area contributed by atoms with Gasteiger partial charge < -0.3 is 40.0 Å². The third-order valence-electron chi connectivity index (χ3n) is 11.0. The van der Waals surface area contributed by atoms with E-state index in [-0.39, 0.29) is 32.1 Å². The highest BCUT2D eigenvalue weighted by Crippen LogP contribution is 2.22. The highest BCUT2D eigenvalue weighted by atomic mass is 16.7. The molecule has 1 saturated heterocycles. The molecule has 0 saturated carbocycles. The molecule has 0 aromatic rings. The molecule has 0 amide bonds. The fraction of sp³-hybridized carbons (Fsp3) is 0.956. The number of esters is 2. The number of aliphatic hydroxyl groups excluding tert-OH is 3. The van der Waals surface area contributed by atoms with Crippen LogP contribution in [0.25, 0.3) is 0 Å². The minimum atomic E-state index is -1.53. The Morgan fingerprint density at radius 3 is 1.25 bits per heavy atom. The van der Waals surface area contributed by atoms with Crippen LogP contribution >= 0.6 is 0 Å². The van der Waals surface area contributed by atoms with Gasteiger partial charge in [0.1, 0.15) is 31.0 Å². The van der Waals surface area contributed by atoms with Crippen LogP contribution < -0.4 is 5.73 Å². The number of rotatable bonds is 39. The van der Waals surface area contributed by atoms with Crippen LogP contribution in [0.5, 0.6) is 0 Å². The van der Waals surface area contributed by atoms with Gasteiger partial charge >= 0.3 is 11.9 Å². The van der Waals surface area contributed by atoms with Crippen molar-refractivity contribution in [3.05, 3.63) is 0 Å². The van der Waals surface area contributed by atoms with Crippen molar-refractivity contribution >= 4 is 11.9 Å². The standard InChI is InChI=1S/C45H87NO9/c1-3-5-7-9-11-13-15-17-19-21-23-25-27-29-31-33-40(47)52-36-38(37-53-45-44(51)43(50)42(49)39(35-46)55-45)54-41(48)34-32-30-28-26-24-22-20-18-16-14-12-10-8-6-4-2/h38-39,42-45,49-51H,3-37,46H2,1-2H3/t38-,39?,42-,43?,44?,45+/m1/s1. The Hall–Kier alpha value is -1.30. The molecule has 10 nitrogen and oxygen atoms in total. The number of hydrogen-bond donors (Lipinski definition) is 4. The monoisotopic (exact) mass is 786 g/mol. The second-order valence-corrected chi connectivity index (χ2v) is 16.3. The Labute approximate surface area is 336 Å². The fourth-order valence-corrected chi connectivity index (χ4v) is 7.35. The average Bonchev–Trinajstić information content (AvgIpc) is 3.18. The van der Waals surface area contributed by atoms with Gasteiger partial charge in [-0.25, -0.2) is 0 Å². The number of nitrogens with two attached hydrogens (primary N) is 1. The van der Waals surface area contributed by atoms with E-state index >= 15 is 0 Å². The van der Waals surface area contributed by atoms with Crippen molar-refractivity contribution in [2.24, 2.45) is 5.73 Å². The van der Waals surface area contributed by atoms with Crippen molar-refractivity contribution in [3.63, 3.8) is 0 Å². The van der Waals surface area contributed by atoms with Gasteiger partial charge in [-0.1, -0.05) is 194 Å². The van der Waals surface area contributed by atoms with Crippen LogP contribution in [0, 0.1) is 0 Å². The molecule has 0 spiro atoms. The highest BCUT2D eigenvalue weighted by molar-refractivity contribution is 5.70. The van der Waals surface area contributed by atoms with Crippen molar-refractivity contribution in [2.75, 3.05) is 19.8 Å². The molecule has 1 aliphatic rings. The lowest BCUT2D eigenvalue weighted by Gasteiger charge is -2.40. The van der Waals surface area contributed by atoms with Gasteiger partial charge in [-0.05, 0) is 12.8 Å². The summed E-state index contributed by atoms with van der Waals surface area (Å²) in [6.07, 6.45) is 30.4. The zero-order chi connectivity index (χ0) is 40.2. The first-order chi connectivity index (χ1) is 26.8. The van der Waals surface area contributed by atoms with E-state index in [1.54, 1.807) is 0 Å². The molecule has 1 fully saturated rings. The Kier molecular flexibility index (Phi) is 34.8. The van der Waals surface area contributed by atoms with E-state index < -0.39 is 42.8 Å². The summed E-state index contributed by atoms with van der Waals surface area (Å²) < 4.78 is 22.4. The van der Waals surface area contributed by atoms with E-state index in [9.17, 15) is 24.9 Å². The Morgan fingerprint density at radius 1 is 0.509 bits per heavy atom. The summed E-state index contributed by atoms with van der Waals surface area (Å²) in [5.41, 5.74) is 5.65. The molecule has 3 unspecified atom stereocenters. The average molecular weight is 786 g/mol. The van der Waals surface area contributed by atoms with Gasteiger partial charge in [0.15, 0.2) is 12.4 Å². The smallest absolute Gasteiger partial charge is 0.306 e. The molecular formula is C45H87NO9. The number of ether oxygens (including phenoxy) is 4. The van der Waals surface area contributed by atoms with Crippen LogP contribution in [0.1, 0.15) is 219 Å². The fourth-order valence-electron chi connectivity index (χ4n) is 7.35. The van der Waals surface area contributed by atoms with Crippen LogP contribution in [0.3, 0.4) is 0 Å². The minimum Gasteiger partial charge on any atom is -0.462 e. The summed E-state index contributed by atoms with van der Waals surface area (Å²) in [4.78, 5) is 25.4. The van der Waals surface area contributed by atoms with Crippen LogP contribution in [0.4, 0.5) is 0 Å². The highest BCUT2D eigenvalue weighted by Gasteiger charge is 2.44. The Bertz CT molecular complexity index is 875. The molecule has 10 heteroatoms. The van der Waals surface area contributed by atoms with Crippen molar-refractivity contribution in [3.8, 4) is 0 Å². The van der Waals surface area contributed by atoms with E-state index in [0.717, 1.165) is 38.5 Å². The zero-order valence-corrected chi connectivity index (χ0v) is 35.6. The Morgan fingerprint density at radius 2 is 0.873 bits per heavy atom. The molecule has 1 aliphatic heterocycles. The van der Waals surface area contributed by atoms with Gasteiger partial charge in [0.25, 0.3) is 0 Å². The summed E-state index contributed by atoms with van der Waals surface area (Å²) >= 11 is 0. The maximum absolute atomic E-state index is 12.8. The van der Waals surface area contributed by atoms with Gasteiger partial charge in [0, 0.05) is 19.4 Å². The zero-order valence-electron chi connectivity index (χ0n) is 35.6. The van der Waals surface area contributed by atoms with Crippen molar-refractivity contribution in [2.45, 2.75) is 256 Å². The maximum atomic E-state index is 12.8. The molecule has 55 heavy (non-hydrogen) atoms. The lowest BCUT2D eigenvalue weighted by Crippen LogP contribution is -2.60. The molecule has 1 heterocycles. The lowest BCUT2D eigenvalue weighted by atomic mass is 9.99.